The van der Waals surface area contributed by atoms with Crippen LogP contribution in [0.1, 0.15) is 5.56 Å². The summed E-state index contributed by atoms with van der Waals surface area (Å²) in [5.41, 5.74) is 11.9. The summed E-state index contributed by atoms with van der Waals surface area (Å²) in [4.78, 5) is 3.20. The van der Waals surface area contributed by atoms with Gasteiger partial charge in [0, 0.05) is 22.7 Å². The standard InChI is InChI=1S/C16H15N5/c17-16(18)21-20-10-13-9-19-15-7-6-12(8-14(13)15)11-4-2-1-3-5-11/h1-10,19H,(H4,17,18,21). The lowest BCUT2D eigenvalue weighted by Gasteiger charge is -2.02. The van der Waals surface area contributed by atoms with Crippen molar-refractivity contribution in [3.8, 4) is 11.1 Å². The SMILES string of the molecule is N=C(N)NN=Cc1c[nH]c2ccc(-c3ccccc3)cc12. The van der Waals surface area contributed by atoms with E-state index < -0.39 is 0 Å². The lowest BCUT2D eigenvalue weighted by molar-refractivity contribution is 1.00. The number of hydrogen-bond acceptors (Lipinski definition) is 2. The molecule has 21 heavy (non-hydrogen) atoms. The van der Waals surface area contributed by atoms with Crippen molar-refractivity contribution < 1.29 is 0 Å². The van der Waals surface area contributed by atoms with Gasteiger partial charge in [-0.3, -0.25) is 5.41 Å². The summed E-state index contributed by atoms with van der Waals surface area (Å²) in [5, 5.41) is 12.1. The van der Waals surface area contributed by atoms with Crippen LogP contribution in [0, 0.1) is 5.41 Å². The number of aromatic amines is 1. The van der Waals surface area contributed by atoms with Crippen molar-refractivity contribution in [1.82, 2.24) is 10.4 Å². The van der Waals surface area contributed by atoms with E-state index in [0.717, 1.165) is 22.0 Å². The number of nitrogens with zero attached hydrogens (tertiary/aromatic N) is 1. The normalized spacial score (nSPS) is 11.0. The minimum absolute atomic E-state index is 0.184. The first-order chi connectivity index (χ1) is 10.2. The summed E-state index contributed by atoms with van der Waals surface area (Å²) in [6.07, 6.45) is 3.53. The first kappa shape index (κ1) is 12.9. The number of H-pyrrole nitrogens is 1. The molecule has 0 aliphatic rings. The molecular weight excluding hydrogens is 262 g/mol. The van der Waals surface area contributed by atoms with Crippen molar-refractivity contribution in [2.24, 2.45) is 10.8 Å². The first-order valence-electron chi connectivity index (χ1n) is 6.54. The van der Waals surface area contributed by atoms with E-state index in [0.29, 0.717) is 0 Å². The second-order valence-corrected chi connectivity index (χ2v) is 4.65. The van der Waals surface area contributed by atoms with E-state index in [-0.39, 0.29) is 5.96 Å². The Balaban J connectivity index is 2.00. The third-order valence-corrected chi connectivity index (χ3v) is 3.21. The van der Waals surface area contributed by atoms with Crippen LogP contribution in [-0.2, 0) is 0 Å². The summed E-state index contributed by atoms with van der Waals surface area (Å²) in [7, 11) is 0. The Morgan fingerprint density at radius 2 is 1.95 bits per heavy atom. The number of nitrogens with two attached hydrogens (primary N) is 1. The predicted octanol–water partition coefficient (Wildman–Crippen LogP) is 2.65. The van der Waals surface area contributed by atoms with Crippen LogP contribution < -0.4 is 11.2 Å². The zero-order valence-corrected chi connectivity index (χ0v) is 11.3. The molecule has 104 valence electrons. The molecule has 0 saturated carbocycles. The van der Waals surface area contributed by atoms with Crippen LogP contribution in [0.5, 0.6) is 0 Å². The number of nitrogens with one attached hydrogen (secondary N) is 3. The number of rotatable bonds is 3. The fourth-order valence-electron chi connectivity index (χ4n) is 2.23. The molecule has 0 amide bonds. The van der Waals surface area contributed by atoms with E-state index in [1.165, 1.54) is 5.56 Å². The van der Waals surface area contributed by atoms with Gasteiger partial charge in [-0.1, -0.05) is 36.4 Å². The highest BCUT2D eigenvalue weighted by atomic mass is 15.3. The Bertz CT molecular complexity index is 802. The Morgan fingerprint density at radius 3 is 2.71 bits per heavy atom. The van der Waals surface area contributed by atoms with Gasteiger partial charge < -0.3 is 10.7 Å². The molecule has 1 aromatic heterocycles. The molecule has 0 aliphatic heterocycles. The molecular formula is C16H15N5. The Hall–Kier alpha value is -3.08. The fourth-order valence-corrected chi connectivity index (χ4v) is 2.23. The third-order valence-electron chi connectivity index (χ3n) is 3.21. The third kappa shape index (κ3) is 2.76. The maximum atomic E-state index is 7.08. The van der Waals surface area contributed by atoms with Gasteiger partial charge in [0.15, 0.2) is 0 Å². The minimum atomic E-state index is -0.184. The summed E-state index contributed by atoms with van der Waals surface area (Å²) >= 11 is 0. The number of fused-ring (bicyclic) bond motifs is 1. The number of benzene rings is 2. The molecule has 0 spiro atoms. The molecule has 0 bridgehead atoms. The highest BCUT2D eigenvalue weighted by Gasteiger charge is 2.04. The Morgan fingerprint density at radius 1 is 1.14 bits per heavy atom. The van der Waals surface area contributed by atoms with Gasteiger partial charge in [0.25, 0.3) is 0 Å². The smallest absolute Gasteiger partial charge is 0.206 e. The lowest BCUT2D eigenvalue weighted by Crippen LogP contribution is -2.25. The molecule has 1 heterocycles. The highest BCUT2D eigenvalue weighted by molar-refractivity contribution is 6.00. The lowest BCUT2D eigenvalue weighted by atomic mass is 10.0. The van der Waals surface area contributed by atoms with Gasteiger partial charge >= 0.3 is 0 Å². The molecule has 0 aliphatic carbocycles. The highest BCUT2D eigenvalue weighted by Crippen LogP contribution is 2.25. The van der Waals surface area contributed by atoms with E-state index in [1.54, 1.807) is 6.21 Å². The molecule has 5 N–H and O–H groups in total. The largest absolute Gasteiger partial charge is 0.369 e. The molecule has 0 saturated heterocycles. The molecule has 5 nitrogen and oxygen atoms in total. The maximum absolute atomic E-state index is 7.08. The number of hydrazone groups is 1. The quantitative estimate of drug-likeness (QED) is 0.337. The van der Waals surface area contributed by atoms with Crippen LogP contribution in [0.15, 0.2) is 59.8 Å². The minimum Gasteiger partial charge on any atom is -0.369 e. The van der Waals surface area contributed by atoms with Crippen molar-refractivity contribution in [3.63, 3.8) is 0 Å². The van der Waals surface area contributed by atoms with E-state index in [4.69, 9.17) is 11.1 Å². The molecule has 0 atom stereocenters. The van der Waals surface area contributed by atoms with Crippen molar-refractivity contribution >= 4 is 23.1 Å². The molecule has 3 rings (SSSR count). The first-order valence-corrected chi connectivity index (χ1v) is 6.54. The molecule has 0 radical (unpaired) electrons. The van der Waals surface area contributed by atoms with Crippen LogP contribution >= 0.6 is 0 Å². The maximum Gasteiger partial charge on any atom is 0.206 e. The van der Waals surface area contributed by atoms with Gasteiger partial charge in [0.05, 0.1) is 6.21 Å². The second kappa shape index (κ2) is 5.50. The Labute approximate surface area is 122 Å². The van der Waals surface area contributed by atoms with E-state index in [9.17, 15) is 0 Å². The number of aromatic nitrogens is 1. The van der Waals surface area contributed by atoms with Gasteiger partial charge in [-0.2, -0.15) is 5.10 Å². The van der Waals surface area contributed by atoms with Crippen LogP contribution in [0.3, 0.4) is 0 Å². The van der Waals surface area contributed by atoms with E-state index in [2.05, 4.69) is 39.8 Å². The van der Waals surface area contributed by atoms with Gasteiger partial charge in [0.1, 0.15) is 0 Å². The Kier molecular flexibility index (Phi) is 3.39. The van der Waals surface area contributed by atoms with Crippen molar-refractivity contribution in [2.75, 3.05) is 0 Å². The molecule has 3 aromatic rings. The summed E-state index contributed by atoms with van der Waals surface area (Å²) in [5.74, 6) is -0.184. The fraction of sp³-hybridized carbons (Fsp3) is 0. The topological polar surface area (TPSA) is 90.1 Å². The summed E-state index contributed by atoms with van der Waals surface area (Å²) < 4.78 is 0. The zero-order chi connectivity index (χ0) is 14.7. The monoisotopic (exact) mass is 277 g/mol. The van der Waals surface area contributed by atoms with Gasteiger partial charge in [0.2, 0.25) is 5.96 Å². The molecule has 5 heteroatoms. The van der Waals surface area contributed by atoms with Crippen LogP contribution in [0.25, 0.3) is 22.0 Å². The van der Waals surface area contributed by atoms with Crippen molar-refractivity contribution in [1.29, 1.82) is 5.41 Å². The average Bonchev–Trinajstić information content (AvgIpc) is 2.90. The zero-order valence-electron chi connectivity index (χ0n) is 11.3. The van der Waals surface area contributed by atoms with Gasteiger partial charge in [-0.15, -0.1) is 0 Å². The van der Waals surface area contributed by atoms with Gasteiger partial charge in [-0.25, -0.2) is 5.43 Å². The molecule has 0 fully saturated rings. The average molecular weight is 277 g/mol. The second-order valence-electron chi connectivity index (χ2n) is 4.65. The number of hydrogen-bond donors (Lipinski definition) is 4. The van der Waals surface area contributed by atoms with E-state index in [1.807, 2.05) is 30.5 Å². The van der Waals surface area contributed by atoms with Crippen molar-refractivity contribution in [2.45, 2.75) is 0 Å². The predicted molar refractivity (Wildman–Crippen MR) is 86.4 cm³/mol. The summed E-state index contributed by atoms with van der Waals surface area (Å²) in [6, 6.07) is 16.5. The van der Waals surface area contributed by atoms with Crippen molar-refractivity contribution in [3.05, 3.63) is 60.3 Å². The van der Waals surface area contributed by atoms with Crippen LogP contribution in [0.4, 0.5) is 0 Å². The van der Waals surface area contributed by atoms with E-state index >= 15 is 0 Å². The summed E-state index contributed by atoms with van der Waals surface area (Å²) in [6.45, 7) is 0. The molecule has 0 unspecified atom stereocenters. The van der Waals surface area contributed by atoms with Gasteiger partial charge in [-0.05, 0) is 23.3 Å². The molecule has 2 aromatic carbocycles. The number of guanidine groups is 1. The van der Waals surface area contributed by atoms with Crippen LogP contribution in [0.2, 0.25) is 0 Å². The van der Waals surface area contributed by atoms with Crippen LogP contribution in [-0.4, -0.2) is 17.2 Å².